The summed E-state index contributed by atoms with van der Waals surface area (Å²) >= 11 is 1.75. The van der Waals surface area contributed by atoms with Crippen LogP contribution in [0.2, 0.25) is 0 Å². The topological polar surface area (TPSA) is 67.6 Å². The van der Waals surface area contributed by atoms with Crippen molar-refractivity contribution in [1.82, 2.24) is 15.2 Å². The molecule has 2 aromatic heterocycles. The van der Waals surface area contributed by atoms with E-state index in [0.717, 1.165) is 17.0 Å². The van der Waals surface area contributed by atoms with Crippen LogP contribution in [0, 0.1) is 0 Å². The number of anilines is 1. The van der Waals surface area contributed by atoms with Crippen molar-refractivity contribution < 1.29 is 0 Å². The minimum absolute atomic E-state index is 0.211. The molecule has 0 bridgehead atoms. The summed E-state index contributed by atoms with van der Waals surface area (Å²) in [6.07, 6.45) is 4.08. The molecule has 2 heterocycles. The zero-order chi connectivity index (χ0) is 11.3. The van der Waals surface area contributed by atoms with Crippen molar-refractivity contribution >= 4 is 17.2 Å². The van der Waals surface area contributed by atoms with Gasteiger partial charge in [0.1, 0.15) is 10.8 Å². The van der Waals surface area contributed by atoms with Gasteiger partial charge < -0.3 is 5.73 Å². The van der Waals surface area contributed by atoms with Crippen molar-refractivity contribution in [3.05, 3.63) is 16.8 Å². The van der Waals surface area contributed by atoms with Crippen LogP contribution in [-0.2, 0) is 11.8 Å². The van der Waals surface area contributed by atoms with Crippen LogP contribution in [0.15, 0.2) is 6.20 Å². The van der Waals surface area contributed by atoms with Crippen LogP contribution in [0.1, 0.15) is 30.8 Å². The molecule has 0 fully saturated rings. The van der Waals surface area contributed by atoms with E-state index in [0.29, 0.717) is 5.82 Å². The average molecular weight is 234 g/mol. The number of aromatic nitrogens is 3. The van der Waals surface area contributed by atoms with E-state index in [-0.39, 0.29) is 5.41 Å². The number of thiazole rings is 1. The van der Waals surface area contributed by atoms with E-state index >= 15 is 0 Å². The van der Waals surface area contributed by atoms with E-state index in [9.17, 15) is 0 Å². The van der Waals surface area contributed by atoms with Crippen molar-refractivity contribution in [1.29, 1.82) is 0 Å². The third kappa shape index (κ3) is 1.28. The van der Waals surface area contributed by atoms with Crippen LogP contribution >= 0.6 is 11.3 Å². The van der Waals surface area contributed by atoms with E-state index in [1.807, 2.05) is 0 Å². The molecule has 0 atom stereocenters. The number of nitrogens with two attached hydrogens (primary N) is 1. The SMILES string of the molecule is CC1(C)CCc2sc(-c3cn[nH]c3N)nc21. The molecule has 0 amide bonds. The maximum absolute atomic E-state index is 5.81. The highest BCUT2D eigenvalue weighted by Crippen LogP contribution is 2.43. The molecule has 2 aromatic rings. The van der Waals surface area contributed by atoms with Gasteiger partial charge in [-0.05, 0) is 12.8 Å². The number of aromatic amines is 1. The molecule has 5 heteroatoms. The highest BCUT2D eigenvalue weighted by molar-refractivity contribution is 7.15. The minimum Gasteiger partial charge on any atom is -0.383 e. The second-order valence-electron chi connectivity index (χ2n) is 4.87. The lowest BCUT2D eigenvalue weighted by Crippen LogP contribution is -2.12. The van der Waals surface area contributed by atoms with E-state index < -0.39 is 0 Å². The molecular formula is C11H14N4S. The van der Waals surface area contributed by atoms with Gasteiger partial charge in [0.15, 0.2) is 0 Å². The number of rotatable bonds is 1. The van der Waals surface area contributed by atoms with Gasteiger partial charge in [-0.1, -0.05) is 13.8 Å². The van der Waals surface area contributed by atoms with Gasteiger partial charge in [-0.2, -0.15) is 5.10 Å². The molecule has 0 saturated carbocycles. The molecule has 16 heavy (non-hydrogen) atoms. The lowest BCUT2D eigenvalue weighted by molar-refractivity contribution is 0.510. The van der Waals surface area contributed by atoms with Crippen LogP contribution in [0.25, 0.3) is 10.6 Å². The number of nitrogens with one attached hydrogen (secondary N) is 1. The molecule has 0 aromatic carbocycles. The lowest BCUT2D eigenvalue weighted by Gasteiger charge is -2.15. The zero-order valence-electron chi connectivity index (χ0n) is 9.37. The average Bonchev–Trinajstić information content (AvgIpc) is 2.84. The Kier molecular flexibility index (Phi) is 1.89. The zero-order valence-corrected chi connectivity index (χ0v) is 10.2. The molecular weight excluding hydrogens is 220 g/mol. The summed E-state index contributed by atoms with van der Waals surface area (Å²) in [5.74, 6) is 0.602. The summed E-state index contributed by atoms with van der Waals surface area (Å²) < 4.78 is 0. The summed E-state index contributed by atoms with van der Waals surface area (Å²) in [6.45, 7) is 4.50. The second-order valence-corrected chi connectivity index (χ2v) is 5.96. The molecule has 3 rings (SSSR count). The number of aryl methyl sites for hydroxylation is 1. The Bertz CT molecular complexity index is 538. The van der Waals surface area contributed by atoms with Gasteiger partial charge in [-0.25, -0.2) is 4.98 Å². The van der Waals surface area contributed by atoms with Gasteiger partial charge >= 0.3 is 0 Å². The monoisotopic (exact) mass is 234 g/mol. The summed E-state index contributed by atoms with van der Waals surface area (Å²) in [4.78, 5) is 6.13. The highest BCUT2D eigenvalue weighted by Gasteiger charge is 2.34. The van der Waals surface area contributed by atoms with Gasteiger partial charge in [0.05, 0.1) is 17.5 Å². The minimum atomic E-state index is 0.211. The maximum Gasteiger partial charge on any atom is 0.129 e. The molecule has 0 saturated heterocycles. The molecule has 1 aliphatic carbocycles. The van der Waals surface area contributed by atoms with E-state index in [1.54, 1.807) is 17.5 Å². The summed E-state index contributed by atoms with van der Waals surface area (Å²) in [5, 5.41) is 7.67. The van der Waals surface area contributed by atoms with Crippen molar-refractivity contribution in [2.45, 2.75) is 32.1 Å². The largest absolute Gasteiger partial charge is 0.383 e. The van der Waals surface area contributed by atoms with E-state index in [1.165, 1.54) is 17.0 Å². The Morgan fingerprint density at radius 1 is 1.50 bits per heavy atom. The standard InChI is InChI=1S/C11H14N4S/c1-11(2)4-3-7-8(11)14-10(16-7)6-5-13-15-9(6)12/h5H,3-4H2,1-2H3,(H3,12,13,15). The predicted octanol–water partition coefficient (Wildman–Crippen LogP) is 2.34. The normalized spacial score (nSPS) is 17.6. The Labute approximate surface area is 97.9 Å². The van der Waals surface area contributed by atoms with E-state index in [2.05, 4.69) is 24.0 Å². The summed E-state index contributed by atoms with van der Waals surface area (Å²) in [6, 6.07) is 0. The molecule has 1 aliphatic rings. The van der Waals surface area contributed by atoms with Gasteiger partial charge in [0.2, 0.25) is 0 Å². The first-order valence-electron chi connectivity index (χ1n) is 5.37. The molecule has 84 valence electrons. The van der Waals surface area contributed by atoms with Crippen molar-refractivity contribution in [3.63, 3.8) is 0 Å². The van der Waals surface area contributed by atoms with Crippen LogP contribution < -0.4 is 5.73 Å². The molecule has 0 spiro atoms. The summed E-state index contributed by atoms with van der Waals surface area (Å²) in [5.41, 5.74) is 8.19. The number of hydrogen-bond donors (Lipinski definition) is 2. The number of H-pyrrole nitrogens is 1. The first-order chi connectivity index (χ1) is 7.58. The number of nitrogen functional groups attached to an aromatic ring is 1. The highest BCUT2D eigenvalue weighted by atomic mass is 32.1. The van der Waals surface area contributed by atoms with Crippen molar-refractivity contribution in [2.75, 3.05) is 5.73 Å². The fraction of sp³-hybridized carbons (Fsp3) is 0.455. The molecule has 4 nitrogen and oxygen atoms in total. The van der Waals surface area contributed by atoms with Crippen molar-refractivity contribution in [2.24, 2.45) is 0 Å². The van der Waals surface area contributed by atoms with Gasteiger partial charge in [0.25, 0.3) is 0 Å². The lowest BCUT2D eigenvalue weighted by atomic mass is 9.91. The van der Waals surface area contributed by atoms with Crippen LogP contribution in [0.3, 0.4) is 0 Å². The third-order valence-electron chi connectivity index (χ3n) is 3.21. The van der Waals surface area contributed by atoms with Gasteiger partial charge in [-0.15, -0.1) is 11.3 Å². The molecule has 0 aliphatic heterocycles. The molecule has 3 N–H and O–H groups in total. The van der Waals surface area contributed by atoms with Crippen LogP contribution in [0.4, 0.5) is 5.82 Å². The van der Waals surface area contributed by atoms with Crippen LogP contribution in [-0.4, -0.2) is 15.2 Å². The number of hydrogen-bond acceptors (Lipinski definition) is 4. The van der Waals surface area contributed by atoms with Gasteiger partial charge in [-0.3, -0.25) is 5.10 Å². The first-order valence-corrected chi connectivity index (χ1v) is 6.19. The number of fused-ring (bicyclic) bond motifs is 1. The summed E-state index contributed by atoms with van der Waals surface area (Å²) in [7, 11) is 0. The fourth-order valence-electron chi connectivity index (χ4n) is 2.18. The Morgan fingerprint density at radius 2 is 2.31 bits per heavy atom. The Hall–Kier alpha value is -1.36. The fourth-order valence-corrected chi connectivity index (χ4v) is 3.44. The Balaban J connectivity index is 2.11. The molecule has 0 unspecified atom stereocenters. The van der Waals surface area contributed by atoms with E-state index in [4.69, 9.17) is 10.7 Å². The first kappa shape index (κ1) is 9.84. The van der Waals surface area contributed by atoms with Crippen LogP contribution in [0.5, 0.6) is 0 Å². The van der Waals surface area contributed by atoms with Crippen molar-refractivity contribution in [3.8, 4) is 10.6 Å². The quantitative estimate of drug-likeness (QED) is 0.795. The molecule has 0 radical (unpaired) electrons. The van der Waals surface area contributed by atoms with Gasteiger partial charge in [0, 0.05) is 10.3 Å². The Morgan fingerprint density at radius 3 is 2.94 bits per heavy atom. The maximum atomic E-state index is 5.81. The number of nitrogens with zero attached hydrogens (tertiary/aromatic N) is 2. The second kappa shape index (κ2) is 3.07. The predicted molar refractivity (Wildman–Crippen MR) is 65.5 cm³/mol. The smallest absolute Gasteiger partial charge is 0.129 e. The third-order valence-corrected chi connectivity index (χ3v) is 4.36.